The Kier molecular flexibility index (Phi) is 8.54. The number of anilines is 2. The Morgan fingerprint density at radius 1 is 1.00 bits per heavy atom. The van der Waals surface area contributed by atoms with Gasteiger partial charge in [-0.3, -0.25) is 4.79 Å². The van der Waals surface area contributed by atoms with E-state index in [1.54, 1.807) is 23.1 Å². The van der Waals surface area contributed by atoms with Gasteiger partial charge in [-0.15, -0.1) is 11.3 Å². The van der Waals surface area contributed by atoms with E-state index in [1.165, 1.54) is 10.5 Å². The van der Waals surface area contributed by atoms with Crippen LogP contribution in [0.4, 0.5) is 11.5 Å². The van der Waals surface area contributed by atoms with Crippen LogP contribution in [0.5, 0.6) is 0 Å². The van der Waals surface area contributed by atoms with Gasteiger partial charge in [0.2, 0.25) is 15.9 Å². The van der Waals surface area contributed by atoms with Crippen LogP contribution < -0.4 is 9.80 Å². The molecule has 10 nitrogen and oxygen atoms in total. The van der Waals surface area contributed by atoms with Gasteiger partial charge in [-0.25, -0.2) is 18.2 Å². The normalized spacial score (nSPS) is 21.3. The van der Waals surface area contributed by atoms with E-state index in [4.69, 9.17) is 0 Å². The molecule has 12 heteroatoms. The summed E-state index contributed by atoms with van der Waals surface area (Å²) in [6.07, 6.45) is 6.21. The fourth-order valence-corrected chi connectivity index (χ4v) is 8.84. The first-order chi connectivity index (χ1) is 20.7. The van der Waals surface area contributed by atoms with Crippen molar-refractivity contribution >= 4 is 44.7 Å². The van der Waals surface area contributed by atoms with Gasteiger partial charge in [0, 0.05) is 43.8 Å². The zero-order valence-corrected chi connectivity index (χ0v) is 25.9. The van der Waals surface area contributed by atoms with Crippen molar-refractivity contribution in [1.29, 1.82) is 0 Å². The number of carboxylic acids is 1. The molecular weight excluding hydrogens is 587 g/mol. The summed E-state index contributed by atoms with van der Waals surface area (Å²) in [5.74, 6) is -0.706. The number of hydrogen-bond donors (Lipinski definition) is 1. The predicted octanol–water partition coefficient (Wildman–Crippen LogP) is 4.25. The number of amides is 1. The highest BCUT2D eigenvalue weighted by Gasteiger charge is 2.44. The number of piperazine rings is 2. The smallest absolute Gasteiger partial charge is 0.348 e. The number of aromatic nitrogens is 1. The first-order valence-corrected chi connectivity index (χ1v) is 17.1. The Morgan fingerprint density at radius 3 is 2.37 bits per heavy atom. The second-order valence-corrected chi connectivity index (χ2v) is 14.7. The second kappa shape index (κ2) is 12.4. The molecule has 1 amide bonds. The Morgan fingerprint density at radius 2 is 1.72 bits per heavy atom. The molecule has 4 heterocycles. The van der Waals surface area contributed by atoms with Crippen LogP contribution in [0.3, 0.4) is 0 Å². The zero-order chi connectivity index (χ0) is 30.1. The number of carbonyl (C=O) groups excluding carboxylic acids is 1. The van der Waals surface area contributed by atoms with Crippen molar-refractivity contribution in [1.82, 2.24) is 14.2 Å². The summed E-state index contributed by atoms with van der Waals surface area (Å²) in [5, 5.41) is 10.2. The summed E-state index contributed by atoms with van der Waals surface area (Å²) in [6, 6.07) is 14.1. The lowest BCUT2D eigenvalue weighted by molar-refractivity contribution is -0.121. The lowest BCUT2D eigenvalue weighted by atomic mass is 9.82. The van der Waals surface area contributed by atoms with Gasteiger partial charge in [0.25, 0.3) is 0 Å². The molecule has 6 rings (SSSR count). The summed E-state index contributed by atoms with van der Waals surface area (Å²) < 4.78 is 29.1. The molecule has 2 aromatic heterocycles. The van der Waals surface area contributed by atoms with Crippen molar-refractivity contribution in [2.45, 2.75) is 43.0 Å². The number of hydrogen-bond acceptors (Lipinski definition) is 8. The average molecular weight is 624 g/mol. The van der Waals surface area contributed by atoms with E-state index < -0.39 is 27.9 Å². The lowest BCUT2D eigenvalue weighted by Crippen LogP contribution is -2.60. The van der Waals surface area contributed by atoms with Gasteiger partial charge in [0.1, 0.15) is 15.6 Å². The highest BCUT2D eigenvalue weighted by Crippen LogP contribution is 2.42. The van der Waals surface area contributed by atoms with E-state index in [-0.39, 0.29) is 28.8 Å². The van der Waals surface area contributed by atoms with Crippen molar-refractivity contribution < 1.29 is 23.1 Å². The first kappa shape index (κ1) is 29.7. The van der Waals surface area contributed by atoms with Crippen LogP contribution in [-0.4, -0.2) is 91.9 Å². The molecule has 1 atom stereocenters. The van der Waals surface area contributed by atoms with Crippen LogP contribution in [0.15, 0.2) is 59.6 Å². The van der Waals surface area contributed by atoms with Crippen molar-refractivity contribution in [3.8, 4) is 10.4 Å². The highest BCUT2D eigenvalue weighted by atomic mass is 32.2. The lowest BCUT2D eigenvalue weighted by Gasteiger charge is -2.44. The minimum atomic E-state index is -4.01. The molecule has 1 unspecified atom stereocenters. The van der Waals surface area contributed by atoms with Gasteiger partial charge in [-0.1, -0.05) is 49.6 Å². The predicted molar refractivity (Wildman–Crippen MR) is 167 cm³/mol. The molecule has 43 heavy (non-hydrogen) atoms. The van der Waals surface area contributed by atoms with E-state index in [2.05, 4.69) is 21.8 Å². The maximum Gasteiger partial charge on any atom is 0.348 e. The van der Waals surface area contributed by atoms with Gasteiger partial charge < -0.3 is 19.8 Å². The van der Waals surface area contributed by atoms with Crippen LogP contribution in [0.25, 0.3) is 10.4 Å². The van der Waals surface area contributed by atoms with E-state index in [1.807, 2.05) is 30.3 Å². The molecule has 1 aromatic carbocycles. The summed E-state index contributed by atoms with van der Waals surface area (Å²) in [4.78, 5) is 37.7. The second-order valence-electron chi connectivity index (χ2n) is 11.7. The molecule has 0 bridgehead atoms. The number of carboxylic acid groups (broad SMARTS) is 1. The molecule has 1 aliphatic carbocycles. The zero-order valence-electron chi connectivity index (χ0n) is 24.3. The molecule has 3 aliphatic rings. The van der Waals surface area contributed by atoms with Crippen molar-refractivity contribution in [3.05, 3.63) is 59.6 Å². The molecule has 1 saturated carbocycles. The van der Waals surface area contributed by atoms with Crippen molar-refractivity contribution in [2.75, 3.05) is 56.1 Å². The van der Waals surface area contributed by atoms with Gasteiger partial charge in [0.15, 0.2) is 0 Å². The Balaban J connectivity index is 1.31. The minimum absolute atomic E-state index is 0.0575. The van der Waals surface area contributed by atoms with Gasteiger partial charge >= 0.3 is 5.97 Å². The molecule has 0 spiro atoms. The molecule has 0 radical (unpaired) electrons. The van der Waals surface area contributed by atoms with Crippen LogP contribution in [0.2, 0.25) is 0 Å². The summed E-state index contributed by atoms with van der Waals surface area (Å²) in [6.45, 7) is 3.22. The van der Waals surface area contributed by atoms with E-state index in [0.717, 1.165) is 85.9 Å². The summed E-state index contributed by atoms with van der Waals surface area (Å²) in [5.41, 5.74) is 1.23. The van der Waals surface area contributed by atoms with Crippen molar-refractivity contribution in [2.24, 2.45) is 5.92 Å². The Hall–Kier alpha value is -3.32. The number of sulfonamides is 1. The molecule has 1 N–H and O–H groups in total. The highest BCUT2D eigenvalue weighted by molar-refractivity contribution is 7.89. The average Bonchev–Trinajstić information content (AvgIpc) is 3.47. The van der Waals surface area contributed by atoms with Crippen LogP contribution in [-0.2, 0) is 14.8 Å². The third kappa shape index (κ3) is 6.06. The number of pyridine rings is 1. The molecular formula is C31H37N5O5S2. The van der Waals surface area contributed by atoms with E-state index >= 15 is 0 Å². The maximum atomic E-state index is 13.9. The quantitative estimate of drug-likeness (QED) is 0.416. The maximum absolute atomic E-state index is 13.9. The van der Waals surface area contributed by atoms with Gasteiger partial charge in [-0.05, 0) is 49.6 Å². The van der Waals surface area contributed by atoms with Crippen LogP contribution >= 0.6 is 11.3 Å². The number of likely N-dealkylation sites (N-methyl/N-ethyl adjacent to an activating group) is 1. The van der Waals surface area contributed by atoms with Crippen LogP contribution in [0, 0.1) is 5.92 Å². The van der Waals surface area contributed by atoms with E-state index in [9.17, 15) is 23.1 Å². The molecule has 228 valence electrons. The fourth-order valence-electron chi connectivity index (χ4n) is 6.50. The number of rotatable bonds is 7. The van der Waals surface area contributed by atoms with Gasteiger partial charge in [0.05, 0.1) is 18.3 Å². The Labute approximate surface area is 256 Å². The Bertz CT molecular complexity index is 1560. The molecule has 2 saturated heterocycles. The SMILES string of the molecule is CN1CCN(c2ccc(S(=O)(=O)N3CC(=O)N(c4cc(-c5ccccc5)sc4C(=O)O)C(C4CCCCC4)C3)cn2)CC1. The first-order valence-electron chi connectivity index (χ1n) is 14.9. The number of carbonyl (C=O) groups is 2. The van der Waals surface area contributed by atoms with Crippen LogP contribution in [0.1, 0.15) is 41.8 Å². The third-order valence-electron chi connectivity index (χ3n) is 8.91. The van der Waals surface area contributed by atoms with Crippen molar-refractivity contribution in [3.63, 3.8) is 0 Å². The topological polar surface area (TPSA) is 114 Å². The van der Waals surface area contributed by atoms with E-state index in [0.29, 0.717) is 5.69 Å². The standard InChI is InChI=1S/C31H37N5O5S2/c1-33-14-16-34(17-15-33)28-13-12-24(19-32-28)43(40,41)35-20-26(22-8-4-2-5-9-22)36(29(37)21-35)25-18-27(42-30(25)31(38)39)23-10-6-3-7-11-23/h3,6-7,10-13,18-19,22,26H,2,4-5,8-9,14-17,20-21H2,1H3,(H,38,39). The third-order valence-corrected chi connectivity index (χ3v) is 11.9. The fraction of sp³-hybridized carbons (Fsp3) is 0.452. The number of thiophene rings is 1. The largest absolute Gasteiger partial charge is 0.477 e. The number of benzene rings is 1. The molecule has 3 fully saturated rings. The summed E-state index contributed by atoms with van der Waals surface area (Å²) in [7, 11) is -1.94. The molecule has 3 aromatic rings. The number of aromatic carboxylic acids is 1. The summed E-state index contributed by atoms with van der Waals surface area (Å²) >= 11 is 1.14. The minimum Gasteiger partial charge on any atom is -0.477 e. The molecule has 2 aliphatic heterocycles. The monoisotopic (exact) mass is 623 g/mol. The van der Waals surface area contributed by atoms with Gasteiger partial charge in [-0.2, -0.15) is 4.31 Å². The number of nitrogens with zero attached hydrogens (tertiary/aromatic N) is 5.